The van der Waals surface area contributed by atoms with Gasteiger partial charge in [0.1, 0.15) is 4.90 Å². The highest BCUT2D eigenvalue weighted by molar-refractivity contribution is 7.89. The first-order chi connectivity index (χ1) is 9.73. The van der Waals surface area contributed by atoms with Gasteiger partial charge in [-0.25, -0.2) is 8.42 Å². The number of sulfonamides is 1. The lowest BCUT2D eigenvalue weighted by molar-refractivity contribution is 0.465. The zero-order valence-corrected chi connectivity index (χ0v) is 13.5. The van der Waals surface area contributed by atoms with Crippen LogP contribution in [-0.2, 0) is 23.6 Å². The standard InChI is InChI=1S/C14H20N4O2S/c1-10-14(11(2)18(4)16-10)21(19,20)17(3)9-12-6-5-7-13(15)8-12/h5-8H,9,15H2,1-4H3. The Kier molecular flexibility index (Phi) is 4.06. The van der Waals surface area contributed by atoms with Gasteiger partial charge in [-0.3, -0.25) is 4.68 Å². The summed E-state index contributed by atoms with van der Waals surface area (Å²) in [5.41, 5.74) is 8.33. The topological polar surface area (TPSA) is 81.2 Å². The molecular formula is C14H20N4O2S. The van der Waals surface area contributed by atoms with Crippen LogP contribution in [-0.4, -0.2) is 29.6 Å². The summed E-state index contributed by atoms with van der Waals surface area (Å²) in [4.78, 5) is 0.274. The maximum atomic E-state index is 12.7. The minimum absolute atomic E-state index is 0.265. The van der Waals surface area contributed by atoms with Crippen LogP contribution < -0.4 is 5.73 Å². The van der Waals surface area contributed by atoms with Gasteiger partial charge in [-0.15, -0.1) is 0 Å². The molecule has 0 saturated carbocycles. The van der Waals surface area contributed by atoms with Crippen molar-refractivity contribution in [3.63, 3.8) is 0 Å². The van der Waals surface area contributed by atoms with Crippen molar-refractivity contribution in [2.24, 2.45) is 7.05 Å². The van der Waals surface area contributed by atoms with Crippen LogP contribution in [0.2, 0.25) is 0 Å². The second-order valence-electron chi connectivity index (χ2n) is 5.13. The fourth-order valence-corrected chi connectivity index (χ4v) is 3.87. The molecule has 2 aromatic rings. The van der Waals surface area contributed by atoms with Gasteiger partial charge < -0.3 is 5.73 Å². The second kappa shape index (κ2) is 5.50. The third-order valence-corrected chi connectivity index (χ3v) is 5.52. The van der Waals surface area contributed by atoms with Gasteiger partial charge in [0.15, 0.2) is 0 Å². The highest BCUT2D eigenvalue weighted by Gasteiger charge is 2.28. The fourth-order valence-electron chi connectivity index (χ4n) is 2.32. The molecule has 2 rings (SSSR count). The van der Waals surface area contributed by atoms with E-state index in [4.69, 9.17) is 5.73 Å². The van der Waals surface area contributed by atoms with Crippen molar-refractivity contribution < 1.29 is 8.42 Å². The molecule has 0 fully saturated rings. The van der Waals surface area contributed by atoms with Crippen molar-refractivity contribution >= 4 is 15.7 Å². The third kappa shape index (κ3) is 2.93. The Morgan fingerprint density at radius 3 is 2.52 bits per heavy atom. The van der Waals surface area contributed by atoms with E-state index in [1.165, 1.54) is 4.31 Å². The van der Waals surface area contributed by atoms with Gasteiger partial charge in [0.05, 0.1) is 11.4 Å². The van der Waals surface area contributed by atoms with Gasteiger partial charge in [-0.05, 0) is 31.5 Å². The Hall–Kier alpha value is -1.86. The van der Waals surface area contributed by atoms with Gasteiger partial charge in [-0.2, -0.15) is 9.40 Å². The number of aromatic nitrogens is 2. The van der Waals surface area contributed by atoms with Crippen molar-refractivity contribution in [2.75, 3.05) is 12.8 Å². The molecule has 0 spiro atoms. The number of hydrogen-bond acceptors (Lipinski definition) is 4. The maximum Gasteiger partial charge on any atom is 0.246 e. The molecule has 7 heteroatoms. The molecule has 1 aromatic heterocycles. The van der Waals surface area contributed by atoms with Crippen molar-refractivity contribution in [2.45, 2.75) is 25.3 Å². The Bertz CT molecular complexity index is 765. The van der Waals surface area contributed by atoms with Crippen molar-refractivity contribution in [1.29, 1.82) is 0 Å². The van der Waals surface area contributed by atoms with Gasteiger partial charge in [-0.1, -0.05) is 12.1 Å². The molecule has 0 aliphatic rings. The summed E-state index contributed by atoms with van der Waals surface area (Å²) < 4.78 is 28.3. The van der Waals surface area contributed by atoms with Crippen molar-refractivity contribution in [1.82, 2.24) is 14.1 Å². The van der Waals surface area contributed by atoms with E-state index in [-0.39, 0.29) is 11.4 Å². The molecule has 114 valence electrons. The molecule has 0 aliphatic carbocycles. The Balaban J connectivity index is 2.35. The average molecular weight is 308 g/mol. The number of nitrogen functional groups attached to an aromatic ring is 1. The predicted octanol–water partition coefficient (Wildman–Crippen LogP) is 1.44. The summed E-state index contributed by atoms with van der Waals surface area (Å²) in [5.74, 6) is 0. The zero-order valence-electron chi connectivity index (χ0n) is 12.7. The van der Waals surface area contributed by atoms with E-state index >= 15 is 0 Å². The smallest absolute Gasteiger partial charge is 0.246 e. The number of aryl methyl sites for hydroxylation is 2. The van der Waals surface area contributed by atoms with E-state index in [9.17, 15) is 8.42 Å². The van der Waals surface area contributed by atoms with Crippen molar-refractivity contribution in [3.8, 4) is 0 Å². The van der Waals surface area contributed by atoms with E-state index in [1.807, 2.05) is 12.1 Å². The first-order valence-electron chi connectivity index (χ1n) is 6.54. The van der Waals surface area contributed by atoms with Gasteiger partial charge in [0.2, 0.25) is 10.0 Å². The SMILES string of the molecule is Cc1nn(C)c(C)c1S(=O)(=O)N(C)Cc1cccc(N)c1. The summed E-state index contributed by atoms with van der Waals surface area (Å²) in [5, 5.41) is 4.17. The van der Waals surface area contributed by atoms with E-state index in [0.717, 1.165) is 5.56 Å². The van der Waals surface area contributed by atoms with E-state index < -0.39 is 10.0 Å². The Morgan fingerprint density at radius 1 is 1.33 bits per heavy atom. The summed E-state index contributed by atoms with van der Waals surface area (Å²) in [7, 11) is -0.286. The quantitative estimate of drug-likeness (QED) is 0.867. The van der Waals surface area contributed by atoms with Crippen LogP contribution in [0.1, 0.15) is 17.0 Å². The molecule has 0 saturated heterocycles. The molecular weight excluding hydrogens is 288 g/mol. The number of anilines is 1. The van der Waals surface area contributed by atoms with E-state index in [0.29, 0.717) is 17.1 Å². The first kappa shape index (κ1) is 15.5. The van der Waals surface area contributed by atoms with Crippen molar-refractivity contribution in [3.05, 3.63) is 41.2 Å². The van der Waals surface area contributed by atoms with Gasteiger partial charge >= 0.3 is 0 Å². The van der Waals surface area contributed by atoms with Crippen LogP contribution in [0.5, 0.6) is 0 Å². The minimum atomic E-state index is -3.58. The van der Waals surface area contributed by atoms with Crippen LogP contribution in [0.25, 0.3) is 0 Å². The monoisotopic (exact) mass is 308 g/mol. The lowest BCUT2D eigenvalue weighted by Crippen LogP contribution is -2.27. The van der Waals surface area contributed by atoms with E-state index in [2.05, 4.69) is 5.10 Å². The van der Waals surface area contributed by atoms with Crippen LogP contribution in [0.3, 0.4) is 0 Å². The van der Waals surface area contributed by atoms with Crippen LogP contribution in [0.15, 0.2) is 29.2 Å². The minimum Gasteiger partial charge on any atom is -0.399 e. The molecule has 6 nitrogen and oxygen atoms in total. The maximum absolute atomic E-state index is 12.7. The normalized spacial score (nSPS) is 12.0. The van der Waals surface area contributed by atoms with Crippen LogP contribution in [0.4, 0.5) is 5.69 Å². The predicted molar refractivity (Wildman–Crippen MR) is 82.2 cm³/mol. The largest absolute Gasteiger partial charge is 0.399 e. The summed E-state index contributed by atoms with van der Waals surface area (Å²) in [6.07, 6.45) is 0. The van der Waals surface area contributed by atoms with Gasteiger partial charge in [0.25, 0.3) is 0 Å². The zero-order chi connectivity index (χ0) is 15.8. The summed E-state index contributed by atoms with van der Waals surface area (Å²) in [6.45, 7) is 3.72. The summed E-state index contributed by atoms with van der Waals surface area (Å²) in [6, 6.07) is 7.21. The lowest BCUT2D eigenvalue weighted by atomic mass is 10.2. The number of nitrogens with zero attached hydrogens (tertiary/aromatic N) is 3. The number of hydrogen-bond donors (Lipinski definition) is 1. The Morgan fingerprint density at radius 2 is 2.00 bits per heavy atom. The molecule has 0 atom stereocenters. The molecule has 0 unspecified atom stereocenters. The molecule has 0 radical (unpaired) electrons. The number of rotatable bonds is 4. The molecule has 2 N–H and O–H groups in total. The van der Waals surface area contributed by atoms with Gasteiger partial charge in [0, 0.05) is 26.3 Å². The number of benzene rings is 1. The first-order valence-corrected chi connectivity index (χ1v) is 7.98. The molecule has 0 bridgehead atoms. The lowest BCUT2D eigenvalue weighted by Gasteiger charge is -2.17. The fraction of sp³-hybridized carbons (Fsp3) is 0.357. The van der Waals surface area contributed by atoms with Crippen LogP contribution in [0, 0.1) is 13.8 Å². The number of nitrogens with two attached hydrogens (primary N) is 1. The Labute approximate surface area is 125 Å². The molecule has 0 amide bonds. The molecule has 1 aromatic carbocycles. The average Bonchev–Trinajstić information content (AvgIpc) is 2.63. The second-order valence-corrected chi connectivity index (χ2v) is 7.11. The van der Waals surface area contributed by atoms with Crippen LogP contribution >= 0.6 is 0 Å². The molecule has 21 heavy (non-hydrogen) atoms. The molecule has 1 heterocycles. The third-order valence-electron chi connectivity index (χ3n) is 3.47. The van der Waals surface area contributed by atoms with E-state index in [1.54, 1.807) is 44.8 Å². The highest BCUT2D eigenvalue weighted by atomic mass is 32.2. The highest BCUT2D eigenvalue weighted by Crippen LogP contribution is 2.23. The molecule has 0 aliphatic heterocycles. The summed E-state index contributed by atoms with van der Waals surface area (Å²) >= 11 is 0.